The van der Waals surface area contributed by atoms with Gasteiger partial charge in [0.15, 0.2) is 0 Å². The fourth-order valence-corrected chi connectivity index (χ4v) is 1.97. The maximum absolute atomic E-state index is 11.5. The zero-order valence-corrected chi connectivity index (χ0v) is 9.35. The molecular weight excluding hydrogens is 204 g/mol. The molecule has 1 unspecified atom stereocenters. The smallest absolute Gasteiger partial charge is 0.221 e. The van der Waals surface area contributed by atoms with Gasteiger partial charge in [0.05, 0.1) is 6.54 Å². The number of hydrogen-bond donors (Lipinski definition) is 2. The molecule has 1 aliphatic heterocycles. The maximum atomic E-state index is 11.5. The minimum atomic E-state index is 0.131. The van der Waals surface area contributed by atoms with E-state index in [-0.39, 0.29) is 5.91 Å². The third-order valence-electron chi connectivity index (χ3n) is 2.82. The van der Waals surface area contributed by atoms with Crippen molar-refractivity contribution in [3.05, 3.63) is 18.5 Å². The van der Waals surface area contributed by atoms with E-state index in [0.717, 1.165) is 19.5 Å². The number of rotatable bonds is 5. The lowest BCUT2D eigenvalue weighted by Crippen LogP contribution is -2.33. The van der Waals surface area contributed by atoms with Gasteiger partial charge in [-0.15, -0.1) is 0 Å². The molecule has 0 saturated carbocycles. The fraction of sp³-hybridized carbons (Fsp3) is 0.636. The molecule has 0 bridgehead atoms. The quantitative estimate of drug-likeness (QED) is 0.745. The van der Waals surface area contributed by atoms with Crippen LogP contribution in [0.3, 0.4) is 0 Å². The highest BCUT2D eigenvalue weighted by Gasteiger charge is 2.16. The Morgan fingerprint density at radius 1 is 1.62 bits per heavy atom. The van der Waals surface area contributed by atoms with Crippen LogP contribution in [0, 0.1) is 0 Å². The summed E-state index contributed by atoms with van der Waals surface area (Å²) in [7, 11) is 0. The van der Waals surface area contributed by atoms with Gasteiger partial charge in [-0.2, -0.15) is 5.10 Å². The number of aromatic nitrogens is 2. The molecule has 2 rings (SSSR count). The van der Waals surface area contributed by atoms with Crippen LogP contribution < -0.4 is 10.6 Å². The Morgan fingerprint density at radius 3 is 3.25 bits per heavy atom. The van der Waals surface area contributed by atoms with Crippen LogP contribution in [0.4, 0.5) is 0 Å². The third-order valence-corrected chi connectivity index (χ3v) is 2.82. The van der Waals surface area contributed by atoms with Gasteiger partial charge < -0.3 is 10.6 Å². The average Bonchev–Trinajstić information content (AvgIpc) is 2.90. The van der Waals surface area contributed by atoms with Crippen LogP contribution in [0.15, 0.2) is 18.5 Å². The normalized spacial score (nSPS) is 19.9. The summed E-state index contributed by atoms with van der Waals surface area (Å²) < 4.78 is 1.81. The zero-order chi connectivity index (χ0) is 11.2. The molecule has 88 valence electrons. The largest absolute Gasteiger partial charge is 0.354 e. The predicted octanol–water partition coefficient (Wildman–Crippen LogP) is 0.141. The Kier molecular flexibility index (Phi) is 3.93. The first kappa shape index (κ1) is 11.1. The second-order valence-corrected chi connectivity index (χ2v) is 4.12. The van der Waals surface area contributed by atoms with E-state index in [1.165, 1.54) is 6.42 Å². The van der Waals surface area contributed by atoms with Crippen LogP contribution in [0.1, 0.15) is 19.3 Å². The molecule has 5 nitrogen and oxygen atoms in total. The van der Waals surface area contributed by atoms with Gasteiger partial charge in [-0.25, -0.2) is 0 Å². The van der Waals surface area contributed by atoms with Crippen molar-refractivity contribution < 1.29 is 4.79 Å². The van der Waals surface area contributed by atoms with Crippen molar-refractivity contribution in [2.45, 2.75) is 31.8 Å². The summed E-state index contributed by atoms with van der Waals surface area (Å²) >= 11 is 0. The molecule has 1 aromatic rings. The van der Waals surface area contributed by atoms with E-state index in [9.17, 15) is 4.79 Å². The first-order chi connectivity index (χ1) is 7.84. The van der Waals surface area contributed by atoms with E-state index in [1.54, 1.807) is 6.20 Å². The standard InChI is InChI=1S/C11H18N4O/c16-11(9-10-3-1-4-12-10)13-6-8-15-7-2-5-14-15/h2,5,7,10,12H,1,3-4,6,8-9H2,(H,13,16). The van der Waals surface area contributed by atoms with E-state index in [4.69, 9.17) is 0 Å². The molecule has 2 heterocycles. The van der Waals surface area contributed by atoms with Gasteiger partial charge in [0, 0.05) is 31.4 Å². The number of carbonyl (C=O) groups excluding carboxylic acids is 1. The van der Waals surface area contributed by atoms with Crippen molar-refractivity contribution in [1.82, 2.24) is 20.4 Å². The van der Waals surface area contributed by atoms with Crippen molar-refractivity contribution in [3.63, 3.8) is 0 Å². The lowest BCUT2D eigenvalue weighted by atomic mass is 10.1. The van der Waals surface area contributed by atoms with E-state index in [0.29, 0.717) is 19.0 Å². The van der Waals surface area contributed by atoms with Gasteiger partial charge in [0.25, 0.3) is 0 Å². The minimum absolute atomic E-state index is 0.131. The molecule has 0 spiro atoms. The van der Waals surface area contributed by atoms with Crippen molar-refractivity contribution in [2.75, 3.05) is 13.1 Å². The molecule has 1 amide bonds. The summed E-state index contributed by atoms with van der Waals surface area (Å²) in [5.41, 5.74) is 0. The summed E-state index contributed by atoms with van der Waals surface area (Å²) in [5, 5.41) is 10.3. The van der Waals surface area contributed by atoms with Crippen molar-refractivity contribution in [2.24, 2.45) is 0 Å². The highest BCUT2D eigenvalue weighted by atomic mass is 16.1. The number of hydrogen-bond acceptors (Lipinski definition) is 3. The van der Waals surface area contributed by atoms with Crippen LogP contribution in [0.5, 0.6) is 0 Å². The van der Waals surface area contributed by atoms with E-state index < -0.39 is 0 Å². The van der Waals surface area contributed by atoms with Gasteiger partial charge in [-0.05, 0) is 25.5 Å². The van der Waals surface area contributed by atoms with Gasteiger partial charge in [0.2, 0.25) is 5.91 Å². The molecule has 1 aliphatic rings. The summed E-state index contributed by atoms with van der Waals surface area (Å²) in [6, 6.07) is 2.26. The Labute approximate surface area is 95.2 Å². The monoisotopic (exact) mass is 222 g/mol. The van der Waals surface area contributed by atoms with Crippen LogP contribution in [0.25, 0.3) is 0 Å². The minimum Gasteiger partial charge on any atom is -0.354 e. The van der Waals surface area contributed by atoms with Gasteiger partial charge in [-0.1, -0.05) is 0 Å². The Balaban J connectivity index is 1.60. The number of amides is 1. The third kappa shape index (κ3) is 3.34. The fourth-order valence-electron chi connectivity index (χ4n) is 1.97. The molecule has 0 aromatic carbocycles. The molecule has 1 atom stereocenters. The molecule has 1 aromatic heterocycles. The highest BCUT2D eigenvalue weighted by molar-refractivity contribution is 5.76. The lowest BCUT2D eigenvalue weighted by Gasteiger charge is -2.10. The Morgan fingerprint density at radius 2 is 2.56 bits per heavy atom. The van der Waals surface area contributed by atoms with Gasteiger partial charge >= 0.3 is 0 Å². The van der Waals surface area contributed by atoms with Crippen LogP contribution in [0.2, 0.25) is 0 Å². The van der Waals surface area contributed by atoms with E-state index in [1.807, 2.05) is 16.9 Å². The Bertz CT molecular complexity index is 317. The molecule has 5 heteroatoms. The Hall–Kier alpha value is -1.36. The first-order valence-electron chi connectivity index (χ1n) is 5.82. The van der Waals surface area contributed by atoms with Crippen LogP contribution in [-0.2, 0) is 11.3 Å². The zero-order valence-electron chi connectivity index (χ0n) is 9.35. The number of nitrogens with zero attached hydrogens (tertiary/aromatic N) is 2. The topological polar surface area (TPSA) is 59.0 Å². The van der Waals surface area contributed by atoms with E-state index in [2.05, 4.69) is 15.7 Å². The number of nitrogens with one attached hydrogen (secondary N) is 2. The molecular formula is C11H18N4O. The van der Waals surface area contributed by atoms with Crippen molar-refractivity contribution >= 4 is 5.91 Å². The second kappa shape index (κ2) is 5.65. The number of carbonyl (C=O) groups is 1. The maximum Gasteiger partial charge on any atom is 0.221 e. The second-order valence-electron chi connectivity index (χ2n) is 4.12. The van der Waals surface area contributed by atoms with Crippen LogP contribution >= 0.6 is 0 Å². The van der Waals surface area contributed by atoms with E-state index >= 15 is 0 Å². The predicted molar refractivity (Wildman–Crippen MR) is 60.9 cm³/mol. The molecule has 2 N–H and O–H groups in total. The van der Waals surface area contributed by atoms with Crippen molar-refractivity contribution in [1.29, 1.82) is 0 Å². The van der Waals surface area contributed by atoms with Gasteiger partial charge in [-0.3, -0.25) is 9.48 Å². The molecule has 1 fully saturated rings. The SMILES string of the molecule is O=C(CC1CCCN1)NCCn1cccn1. The summed E-state index contributed by atoms with van der Waals surface area (Å²) in [6.07, 6.45) is 6.53. The molecule has 16 heavy (non-hydrogen) atoms. The highest BCUT2D eigenvalue weighted by Crippen LogP contribution is 2.07. The lowest BCUT2D eigenvalue weighted by molar-refractivity contribution is -0.121. The average molecular weight is 222 g/mol. The molecule has 0 aliphatic carbocycles. The first-order valence-corrected chi connectivity index (χ1v) is 5.82. The van der Waals surface area contributed by atoms with Crippen LogP contribution in [-0.4, -0.2) is 34.8 Å². The van der Waals surface area contributed by atoms with Gasteiger partial charge in [0.1, 0.15) is 0 Å². The summed E-state index contributed by atoms with van der Waals surface area (Å²) in [6.45, 7) is 2.43. The molecule has 0 radical (unpaired) electrons. The summed E-state index contributed by atoms with van der Waals surface area (Å²) in [5.74, 6) is 0.131. The van der Waals surface area contributed by atoms with Crippen molar-refractivity contribution in [3.8, 4) is 0 Å². The molecule has 1 saturated heterocycles. The summed E-state index contributed by atoms with van der Waals surface area (Å²) in [4.78, 5) is 11.5.